The summed E-state index contributed by atoms with van der Waals surface area (Å²) in [4.78, 5) is 46.2. The number of amides is 3. The fourth-order valence-corrected chi connectivity index (χ4v) is 10.8. The van der Waals surface area contributed by atoms with Crippen LogP contribution in [-0.2, 0) is 19.1 Å². The Hall–Kier alpha value is -1.86. The first-order chi connectivity index (χ1) is 20.2. The van der Waals surface area contributed by atoms with Crippen LogP contribution in [0.4, 0.5) is 5.69 Å². The lowest BCUT2D eigenvalue weighted by molar-refractivity contribution is -0.142. The number of nitrogens with one attached hydrogen (secondary N) is 2. The van der Waals surface area contributed by atoms with Crippen LogP contribution in [-0.4, -0.2) is 112 Å². The number of aliphatic hydroxyl groups is 1. The molecule has 5 rings (SSSR count). The number of alkyl halides is 1. The van der Waals surface area contributed by atoms with Gasteiger partial charge in [-0.05, 0) is 49.9 Å². The van der Waals surface area contributed by atoms with Gasteiger partial charge in [0.25, 0.3) is 0 Å². The maximum Gasteiger partial charge on any atom is 0.244 e. The van der Waals surface area contributed by atoms with Gasteiger partial charge in [0.2, 0.25) is 17.7 Å². The molecule has 0 aromatic heterocycles. The average Bonchev–Trinajstić information content (AvgIpc) is 3.56. The van der Waals surface area contributed by atoms with Crippen LogP contribution in [0.5, 0.6) is 5.75 Å². The number of morpholine rings is 1. The van der Waals surface area contributed by atoms with E-state index >= 15 is 0 Å². The Morgan fingerprint density at radius 2 is 1.93 bits per heavy atom. The van der Waals surface area contributed by atoms with Gasteiger partial charge in [-0.3, -0.25) is 19.3 Å². The monoisotopic (exact) mass is 666 g/mol. The van der Waals surface area contributed by atoms with E-state index in [-0.39, 0.29) is 40.3 Å². The first-order valence-electron chi connectivity index (χ1n) is 15.1. The molecule has 10 nitrogen and oxygen atoms in total. The maximum atomic E-state index is 14.4. The largest absolute Gasteiger partial charge is 0.494 e. The molecule has 4 aliphatic heterocycles. The molecule has 0 saturated carbocycles. The zero-order valence-electron chi connectivity index (χ0n) is 24.6. The predicted molar refractivity (Wildman–Crippen MR) is 166 cm³/mol. The number of aliphatic hydroxyl groups excluding tert-OH is 1. The number of ether oxygens (including phenoxy) is 2. The molecule has 7 atom stereocenters. The lowest BCUT2D eigenvalue weighted by Gasteiger charge is -2.38. The molecule has 1 aromatic carbocycles. The van der Waals surface area contributed by atoms with Gasteiger partial charge < -0.3 is 30.1 Å². The van der Waals surface area contributed by atoms with Crippen LogP contribution in [0.15, 0.2) is 24.3 Å². The van der Waals surface area contributed by atoms with Crippen molar-refractivity contribution in [3.63, 3.8) is 0 Å². The van der Waals surface area contributed by atoms with E-state index in [9.17, 15) is 19.5 Å². The molecule has 42 heavy (non-hydrogen) atoms. The first-order valence-corrected chi connectivity index (χ1v) is 16.9. The zero-order chi connectivity index (χ0) is 30.0. The molecular weight excluding hydrogens is 624 g/mol. The normalized spacial score (nSPS) is 31.3. The number of hydrogen-bond acceptors (Lipinski definition) is 8. The number of rotatable bonds is 12. The number of halogens is 1. The second-order valence-corrected chi connectivity index (χ2v) is 14.8. The van der Waals surface area contributed by atoms with Crippen LogP contribution in [0.25, 0.3) is 0 Å². The predicted octanol–water partition coefficient (Wildman–Crippen LogP) is 2.34. The fourth-order valence-electron chi connectivity index (χ4n) is 7.17. The molecule has 4 fully saturated rings. The number of likely N-dealkylation sites (tertiary alicyclic amines) is 1. The number of fused-ring (bicyclic) bond motifs is 1. The van der Waals surface area contributed by atoms with Crippen molar-refractivity contribution in [2.45, 2.75) is 60.5 Å². The van der Waals surface area contributed by atoms with Crippen molar-refractivity contribution in [3.8, 4) is 5.75 Å². The van der Waals surface area contributed by atoms with Crippen molar-refractivity contribution in [2.24, 2.45) is 17.8 Å². The molecule has 232 valence electrons. The topological polar surface area (TPSA) is 120 Å². The summed E-state index contributed by atoms with van der Waals surface area (Å²) in [6.45, 7) is 10.5. The number of thioether (sulfide) groups is 1. The summed E-state index contributed by atoms with van der Waals surface area (Å²) < 4.78 is 10.2. The van der Waals surface area contributed by atoms with Crippen LogP contribution >= 0.6 is 27.7 Å². The van der Waals surface area contributed by atoms with Crippen molar-refractivity contribution < 1.29 is 29.0 Å². The maximum absolute atomic E-state index is 14.4. The number of hydrogen-bond donors (Lipinski definition) is 3. The Bertz CT molecular complexity index is 1140. The minimum Gasteiger partial charge on any atom is -0.494 e. The molecule has 4 saturated heterocycles. The Morgan fingerprint density at radius 1 is 1.21 bits per heavy atom. The fraction of sp³-hybridized carbons (Fsp3) is 0.700. The molecular formula is C30H43BrN4O6S. The van der Waals surface area contributed by atoms with E-state index in [1.807, 2.05) is 20.8 Å². The van der Waals surface area contributed by atoms with Crippen molar-refractivity contribution >= 4 is 51.1 Å². The summed E-state index contributed by atoms with van der Waals surface area (Å²) in [5.41, 5.74) is 0.629. The molecule has 1 spiro atoms. The van der Waals surface area contributed by atoms with Gasteiger partial charge in [-0.15, -0.1) is 11.8 Å². The molecule has 3 unspecified atom stereocenters. The summed E-state index contributed by atoms with van der Waals surface area (Å²) >= 11 is 5.42. The van der Waals surface area contributed by atoms with Crippen LogP contribution in [0, 0.1) is 17.8 Å². The minimum absolute atomic E-state index is 0.0242. The lowest BCUT2D eigenvalue weighted by atomic mass is 9.70. The SMILES string of the molecule is CCOc1ccc(NC(=O)[C@H]2[C@H]3C(=O)N([C@@H](CO)CC(C)C)C(C(=O)NCCN4CCOCC4)C34CC(Br)[C@@H]2S4)cc1. The third kappa shape index (κ3) is 6.06. The molecule has 3 amide bonds. The molecule has 4 aliphatic rings. The van der Waals surface area contributed by atoms with Gasteiger partial charge in [0.05, 0.1) is 49.1 Å². The summed E-state index contributed by atoms with van der Waals surface area (Å²) in [6, 6.07) is 5.93. The van der Waals surface area contributed by atoms with E-state index in [1.165, 1.54) is 0 Å². The Kier molecular flexibility index (Phi) is 10.1. The Morgan fingerprint density at radius 3 is 2.57 bits per heavy atom. The number of carbonyl (C=O) groups excluding carboxylic acids is 3. The molecule has 2 bridgehead atoms. The average molecular weight is 668 g/mol. The third-order valence-corrected chi connectivity index (χ3v) is 12.1. The summed E-state index contributed by atoms with van der Waals surface area (Å²) in [5.74, 6) is -0.969. The highest BCUT2D eigenvalue weighted by Gasteiger charge is 2.76. The van der Waals surface area contributed by atoms with Gasteiger partial charge in [-0.2, -0.15) is 0 Å². The van der Waals surface area contributed by atoms with Gasteiger partial charge in [-0.25, -0.2) is 0 Å². The number of nitrogens with zero attached hydrogens (tertiary/aromatic N) is 2. The summed E-state index contributed by atoms with van der Waals surface area (Å²) in [6.07, 6.45) is 1.17. The standard InChI is InChI=1S/C30H43BrN4O6S/c1-4-41-21-7-5-19(6-8-21)33-27(37)23-24-29(39)35(20(17-36)15-18(2)3)26(30(24)16-22(31)25(23)42-30)28(38)32-9-10-34-11-13-40-14-12-34/h5-8,18,20,22-26,36H,4,9-17H2,1-3H3,(H,32,38)(H,33,37)/t20-,22?,23+,24+,25+,26?,30?/m1/s1. The number of benzene rings is 1. The van der Waals surface area contributed by atoms with E-state index in [1.54, 1.807) is 40.9 Å². The van der Waals surface area contributed by atoms with E-state index in [2.05, 4.69) is 31.5 Å². The van der Waals surface area contributed by atoms with Crippen LogP contribution in [0.2, 0.25) is 0 Å². The third-order valence-electron chi connectivity index (χ3n) is 8.89. The highest BCUT2D eigenvalue weighted by molar-refractivity contribution is 9.09. The summed E-state index contributed by atoms with van der Waals surface area (Å²) in [5, 5.41) is 16.5. The van der Waals surface area contributed by atoms with Crippen LogP contribution in [0.1, 0.15) is 33.6 Å². The summed E-state index contributed by atoms with van der Waals surface area (Å²) in [7, 11) is 0. The molecule has 4 heterocycles. The van der Waals surface area contributed by atoms with E-state index in [4.69, 9.17) is 9.47 Å². The van der Waals surface area contributed by atoms with Gasteiger partial charge in [0.1, 0.15) is 11.8 Å². The van der Waals surface area contributed by atoms with E-state index in [0.29, 0.717) is 51.4 Å². The van der Waals surface area contributed by atoms with Gasteiger partial charge in [0, 0.05) is 41.9 Å². The number of carbonyl (C=O) groups is 3. The van der Waals surface area contributed by atoms with Gasteiger partial charge >= 0.3 is 0 Å². The molecule has 3 N–H and O–H groups in total. The minimum atomic E-state index is -0.770. The van der Waals surface area contributed by atoms with Crippen molar-refractivity contribution in [1.82, 2.24) is 15.1 Å². The Balaban J connectivity index is 1.40. The first kappa shape index (κ1) is 31.6. The van der Waals surface area contributed by atoms with Crippen LogP contribution < -0.4 is 15.4 Å². The number of anilines is 1. The quantitative estimate of drug-likeness (QED) is 0.291. The van der Waals surface area contributed by atoms with E-state index in [0.717, 1.165) is 18.8 Å². The molecule has 12 heteroatoms. The molecule has 0 aliphatic carbocycles. The van der Waals surface area contributed by atoms with Gasteiger partial charge in [-0.1, -0.05) is 29.8 Å². The Labute approximate surface area is 260 Å². The van der Waals surface area contributed by atoms with Crippen molar-refractivity contribution in [3.05, 3.63) is 24.3 Å². The van der Waals surface area contributed by atoms with Gasteiger partial charge in [0.15, 0.2) is 0 Å². The van der Waals surface area contributed by atoms with Crippen molar-refractivity contribution in [2.75, 3.05) is 57.9 Å². The highest BCUT2D eigenvalue weighted by atomic mass is 79.9. The molecule has 0 radical (unpaired) electrons. The lowest BCUT2D eigenvalue weighted by Crippen LogP contribution is -2.57. The highest BCUT2D eigenvalue weighted by Crippen LogP contribution is 2.68. The smallest absolute Gasteiger partial charge is 0.244 e. The second-order valence-electron chi connectivity index (χ2n) is 12.1. The zero-order valence-corrected chi connectivity index (χ0v) is 27.0. The van der Waals surface area contributed by atoms with Crippen LogP contribution in [0.3, 0.4) is 0 Å². The van der Waals surface area contributed by atoms with Crippen molar-refractivity contribution in [1.29, 1.82) is 0 Å². The second kappa shape index (κ2) is 13.4. The molecule has 1 aromatic rings. The van der Waals surface area contributed by atoms with E-state index < -0.39 is 28.7 Å².